The van der Waals surface area contributed by atoms with Crippen LogP contribution < -0.4 is 10.6 Å². The maximum absolute atomic E-state index is 13.7. The third-order valence-electron chi connectivity index (χ3n) is 11.0. The van der Waals surface area contributed by atoms with Gasteiger partial charge in [-0.05, 0) is 71.4 Å². The van der Waals surface area contributed by atoms with Gasteiger partial charge in [-0.15, -0.1) is 0 Å². The lowest BCUT2D eigenvalue weighted by Gasteiger charge is -2.32. The van der Waals surface area contributed by atoms with E-state index in [1.165, 1.54) is 7.11 Å². The van der Waals surface area contributed by atoms with E-state index < -0.39 is 12.1 Å². The summed E-state index contributed by atoms with van der Waals surface area (Å²) < 4.78 is 4.74. The van der Waals surface area contributed by atoms with Crippen LogP contribution >= 0.6 is 0 Å². The summed E-state index contributed by atoms with van der Waals surface area (Å²) in [6, 6.07) is 2.85. The van der Waals surface area contributed by atoms with Crippen molar-refractivity contribution in [2.24, 2.45) is 17.8 Å². The van der Waals surface area contributed by atoms with Crippen LogP contribution in [-0.2, 0) is 14.3 Å². The molecule has 3 aromatic heterocycles. The van der Waals surface area contributed by atoms with E-state index in [0.717, 1.165) is 66.9 Å². The second kappa shape index (κ2) is 19.4. The number of allylic oxidation sites excluding steroid dienone is 8. The van der Waals surface area contributed by atoms with Gasteiger partial charge in [-0.2, -0.15) is 0 Å². The van der Waals surface area contributed by atoms with Crippen molar-refractivity contribution in [2.75, 3.05) is 13.7 Å². The number of carbonyl (C=O) groups excluding carboxylic acids is 3. The Hall–Kier alpha value is -5.78. The maximum atomic E-state index is 13.7. The van der Waals surface area contributed by atoms with Crippen LogP contribution in [-0.4, -0.2) is 67.4 Å². The third kappa shape index (κ3) is 10.5. The molecule has 0 aromatic carbocycles. The number of ether oxygens (including phenoxy) is 1. The molecule has 2 aliphatic rings. The van der Waals surface area contributed by atoms with Crippen molar-refractivity contribution < 1.29 is 19.1 Å². The van der Waals surface area contributed by atoms with Crippen molar-refractivity contribution in [3.63, 3.8) is 0 Å². The van der Waals surface area contributed by atoms with Crippen LogP contribution in [0, 0.1) is 17.8 Å². The summed E-state index contributed by atoms with van der Waals surface area (Å²) in [5, 5.41) is 6.00. The van der Waals surface area contributed by atoms with Gasteiger partial charge in [0.15, 0.2) is 0 Å². The lowest BCUT2D eigenvalue weighted by molar-refractivity contribution is -0.135. The molecule has 4 N–H and O–H groups in total. The molecule has 3 aromatic rings. The molecule has 4 unspecified atom stereocenters. The van der Waals surface area contributed by atoms with Gasteiger partial charge in [-0.25, -0.2) is 14.8 Å². The van der Waals surface area contributed by atoms with E-state index in [1.807, 2.05) is 56.5 Å². The number of amides is 3. The summed E-state index contributed by atoms with van der Waals surface area (Å²) in [4.78, 5) is 61.3. The Morgan fingerprint density at radius 3 is 2.05 bits per heavy atom. The molecule has 4 heterocycles. The van der Waals surface area contributed by atoms with Crippen LogP contribution in [0.1, 0.15) is 113 Å². The molecule has 1 saturated carbocycles. The molecule has 5 atom stereocenters. The predicted octanol–water partition coefficient (Wildman–Crippen LogP) is 8.31. The fourth-order valence-corrected chi connectivity index (χ4v) is 7.57. The van der Waals surface area contributed by atoms with Gasteiger partial charge in [0.1, 0.15) is 17.7 Å². The molecule has 1 aliphatic carbocycles. The largest absolute Gasteiger partial charge is 0.453 e. The average molecular weight is 775 g/mol. The highest BCUT2D eigenvalue weighted by Crippen LogP contribution is 2.38. The van der Waals surface area contributed by atoms with E-state index in [4.69, 9.17) is 9.72 Å². The number of hydrogen-bond acceptors (Lipinski definition) is 7. The van der Waals surface area contributed by atoms with Crippen LogP contribution in [0.4, 0.5) is 4.79 Å². The van der Waals surface area contributed by atoms with Crippen LogP contribution in [0.25, 0.3) is 11.1 Å². The number of carbonyl (C=O) groups is 3. The number of nitrogens with one attached hydrogen (secondary N) is 4. The summed E-state index contributed by atoms with van der Waals surface area (Å²) in [6.07, 6.45) is 19.2. The average Bonchev–Trinajstić information content (AvgIpc) is 4.01. The van der Waals surface area contributed by atoms with Crippen LogP contribution in [0.15, 0.2) is 98.7 Å². The van der Waals surface area contributed by atoms with Gasteiger partial charge in [0.25, 0.3) is 0 Å². The number of methoxy groups -OCH3 is 1. The Morgan fingerprint density at radius 2 is 1.46 bits per heavy atom. The van der Waals surface area contributed by atoms with Crippen LogP contribution in [0.3, 0.4) is 0 Å². The van der Waals surface area contributed by atoms with Crippen molar-refractivity contribution in [2.45, 2.75) is 90.3 Å². The van der Waals surface area contributed by atoms with Crippen molar-refractivity contribution in [1.82, 2.24) is 40.5 Å². The van der Waals surface area contributed by atoms with Crippen molar-refractivity contribution in [3.05, 3.63) is 127 Å². The highest BCUT2D eigenvalue weighted by molar-refractivity contribution is 5.86. The smallest absolute Gasteiger partial charge is 0.407 e. The Morgan fingerprint density at radius 1 is 0.825 bits per heavy atom. The molecule has 12 heteroatoms. The topological polar surface area (TPSA) is 158 Å². The summed E-state index contributed by atoms with van der Waals surface area (Å²) in [6.45, 7) is 25.4. The molecule has 12 nitrogen and oxygen atoms in total. The third-order valence-corrected chi connectivity index (χ3v) is 11.0. The molecule has 0 radical (unpaired) electrons. The minimum atomic E-state index is -0.705. The molecule has 0 bridgehead atoms. The number of likely N-dealkylation sites (tertiary alicyclic amines) is 1. The second-order valence-electron chi connectivity index (χ2n) is 15.7. The lowest BCUT2D eigenvalue weighted by Crippen LogP contribution is -2.51. The first-order valence-electron chi connectivity index (χ1n) is 19.9. The summed E-state index contributed by atoms with van der Waals surface area (Å²) in [7, 11) is 1.28. The number of hydrogen-bond donors (Lipinski definition) is 4. The molecule has 3 amide bonds. The van der Waals surface area contributed by atoms with Crippen molar-refractivity contribution >= 4 is 29.1 Å². The molecule has 1 aliphatic heterocycles. The highest BCUT2D eigenvalue weighted by Gasteiger charge is 2.38. The maximum Gasteiger partial charge on any atom is 0.407 e. The van der Waals surface area contributed by atoms with Gasteiger partial charge < -0.3 is 30.2 Å². The van der Waals surface area contributed by atoms with Gasteiger partial charge in [0.2, 0.25) is 11.8 Å². The number of pyridine rings is 1. The lowest BCUT2D eigenvalue weighted by atomic mass is 9.78. The predicted molar refractivity (Wildman–Crippen MR) is 224 cm³/mol. The Labute approximate surface area is 336 Å². The minimum Gasteiger partial charge on any atom is -0.453 e. The van der Waals surface area contributed by atoms with Crippen LogP contribution in [0.5, 0.6) is 0 Å². The van der Waals surface area contributed by atoms with Gasteiger partial charge in [-0.1, -0.05) is 97.2 Å². The summed E-state index contributed by atoms with van der Waals surface area (Å²) in [5.74, 6) is 1.25. The fraction of sp³-hybridized carbons (Fsp3) is 0.422. The van der Waals surface area contributed by atoms with Crippen molar-refractivity contribution in [1.29, 1.82) is 0 Å². The molecule has 0 spiro atoms. The molecule has 57 heavy (non-hydrogen) atoms. The molecule has 5 rings (SSSR count). The van der Waals surface area contributed by atoms with E-state index in [-0.39, 0.29) is 47.6 Å². The van der Waals surface area contributed by atoms with Crippen molar-refractivity contribution in [3.8, 4) is 0 Å². The summed E-state index contributed by atoms with van der Waals surface area (Å²) in [5.41, 5.74) is 5.31. The molecule has 1 saturated heterocycles. The number of alkyl carbamates (subject to hydrolysis) is 1. The summed E-state index contributed by atoms with van der Waals surface area (Å²) >= 11 is 0. The normalized spacial score (nSPS) is 19.5. The zero-order chi connectivity index (χ0) is 41.2. The van der Waals surface area contributed by atoms with Gasteiger partial charge in [-0.3, -0.25) is 14.6 Å². The quantitative estimate of drug-likeness (QED) is 0.107. The number of aromatic nitrogens is 5. The Kier molecular flexibility index (Phi) is 14.4. The van der Waals surface area contributed by atoms with Crippen LogP contribution in [0.2, 0.25) is 0 Å². The van der Waals surface area contributed by atoms with E-state index in [2.05, 4.69) is 70.7 Å². The van der Waals surface area contributed by atoms with Gasteiger partial charge in [0, 0.05) is 30.8 Å². The minimum absolute atomic E-state index is 0.0166. The zero-order valence-corrected chi connectivity index (χ0v) is 34.0. The standard InChI is InChI=1S/C45H58N8O4/c1-27(2)39(33-14-12-22-46-24-33)51-43(54)35-16-11-10-15-34(35)41-47-25-36(49-41)31(7)20-18-29(5)30(6)19-21-32(8)37-26-48-42(50-37)38-17-13-23-53(38)44(55)40(28(3)4)52-45(56)57-9/h12,14,18-22,24-28,34-35,38-40H,5-8,10-11,13,15-17,23H2,1-4,9H3,(H,47,49)(H,48,50)(H,51,54)(H,52,56)/b20-18-,21-19-/t34-,35?,38?,39?,40?/m1/s1. The highest BCUT2D eigenvalue weighted by atomic mass is 16.5. The Bertz CT molecular complexity index is 2000. The van der Waals surface area contributed by atoms with Gasteiger partial charge >= 0.3 is 6.09 Å². The van der Waals surface area contributed by atoms with E-state index >= 15 is 0 Å². The molecular formula is C45H58N8O4. The SMILES string of the molecule is C=C(/C=C\C(=C)c1cnc(C2CCCN2C(=O)C(NC(=O)OC)C(C)C)[nH]1)C(=C)/C=C\C(=C)c1cnc([C@@H]2CCCCC2C(=O)NC(c2cccnc2)C(C)C)[nH]1. The first-order valence-corrected chi connectivity index (χ1v) is 19.9. The first-order chi connectivity index (χ1) is 27.3. The van der Waals surface area contributed by atoms with E-state index in [1.54, 1.807) is 23.5 Å². The Balaban J connectivity index is 1.16. The molecule has 302 valence electrons. The number of aromatic amines is 2. The zero-order valence-electron chi connectivity index (χ0n) is 34.0. The van der Waals surface area contributed by atoms with Gasteiger partial charge in [0.05, 0.1) is 43.0 Å². The van der Waals surface area contributed by atoms with E-state index in [9.17, 15) is 14.4 Å². The fourth-order valence-electron chi connectivity index (χ4n) is 7.57. The monoisotopic (exact) mass is 774 g/mol. The first kappa shape index (κ1) is 42.4. The number of rotatable bonds is 16. The molecular weight excluding hydrogens is 717 g/mol. The second-order valence-corrected chi connectivity index (χ2v) is 15.7. The number of imidazole rings is 2. The number of nitrogens with zero attached hydrogens (tertiary/aromatic N) is 4. The molecule has 2 fully saturated rings. The van der Waals surface area contributed by atoms with E-state index in [0.29, 0.717) is 29.1 Å². The number of H-pyrrole nitrogens is 2.